The molecule has 2 atom stereocenters. The van der Waals surface area contributed by atoms with Crippen LogP contribution in [0.15, 0.2) is 0 Å². The van der Waals surface area contributed by atoms with Gasteiger partial charge in [0.25, 0.3) is 0 Å². The highest BCUT2D eigenvalue weighted by Gasteiger charge is 2.28. The Morgan fingerprint density at radius 2 is 2.42 bits per heavy atom. The predicted octanol–water partition coefficient (Wildman–Crippen LogP) is -0.288. The Bertz CT molecular complexity index is 174. The third-order valence-corrected chi connectivity index (χ3v) is 1.97. The first-order valence-electron chi connectivity index (χ1n) is 3.92. The van der Waals surface area contributed by atoms with Crippen LogP contribution in [0.3, 0.4) is 0 Å². The molecule has 0 aromatic carbocycles. The van der Waals surface area contributed by atoms with Crippen molar-refractivity contribution in [1.82, 2.24) is 10.4 Å². The van der Waals surface area contributed by atoms with E-state index in [2.05, 4.69) is 10.2 Å². The van der Waals surface area contributed by atoms with Gasteiger partial charge in [0.05, 0.1) is 13.2 Å². The van der Waals surface area contributed by atoms with Gasteiger partial charge in [0, 0.05) is 12.6 Å². The number of nitrogens with zero attached hydrogens (tertiary/aromatic N) is 1. The van der Waals surface area contributed by atoms with Crippen LogP contribution in [0, 0.1) is 0 Å². The van der Waals surface area contributed by atoms with E-state index in [1.165, 1.54) is 7.11 Å². The number of nitrogens with one attached hydrogen (secondary N) is 1. The van der Waals surface area contributed by atoms with Crippen molar-refractivity contribution in [3.8, 4) is 0 Å². The lowest BCUT2D eigenvalue weighted by Crippen LogP contribution is -2.44. The van der Waals surface area contributed by atoms with Crippen molar-refractivity contribution in [1.29, 1.82) is 0 Å². The Hall–Kier alpha value is -0.810. The molecule has 0 spiro atoms. The van der Waals surface area contributed by atoms with Crippen LogP contribution in [0.5, 0.6) is 0 Å². The summed E-state index contributed by atoms with van der Waals surface area (Å²) in [7, 11) is 1.31. The lowest BCUT2D eigenvalue weighted by molar-refractivity contribution is 0.110. The molecule has 1 aliphatic rings. The van der Waals surface area contributed by atoms with Crippen LogP contribution in [-0.4, -0.2) is 42.0 Å². The molecule has 1 heterocycles. The van der Waals surface area contributed by atoms with E-state index >= 15 is 0 Å². The molecule has 1 rings (SSSR count). The maximum absolute atomic E-state index is 10.8. The van der Waals surface area contributed by atoms with Crippen LogP contribution in [0.4, 0.5) is 4.79 Å². The van der Waals surface area contributed by atoms with Crippen molar-refractivity contribution in [2.45, 2.75) is 25.5 Å². The molecule has 0 saturated carbocycles. The summed E-state index contributed by atoms with van der Waals surface area (Å²) in [6, 6.07) is 0.166. The Labute approximate surface area is 71.3 Å². The number of hydrogen-bond acceptors (Lipinski definition) is 4. The van der Waals surface area contributed by atoms with Crippen molar-refractivity contribution < 1.29 is 14.6 Å². The normalized spacial score (nSPS) is 30.2. The summed E-state index contributed by atoms with van der Waals surface area (Å²) in [5.41, 5.74) is 2.52. The van der Waals surface area contributed by atoms with Crippen molar-refractivity contribution >= 4 is 6.09 Å². The third-order valence-electron chi connectivity index (χ3n) is 1.97. The Kier molecular flexibility index (Phi) is 2.88. The minimum absolute atomic E-state index is 0.166. The summed E-state index contributed by atoms with van der Waals surface area (Å²) in [6.45, 7) is 2.41. The fourth-order valence-corrected chi connectivity index (χ4v) is 1.32. The minimum Gasteiger partial charge on any atom is -0.452 e. The Morgan fingerprint density at radius 1 is 1.75 bits per heavy atom. The van der Waals surface area contributed by atoms with Gasteiger partial charge in [-0.15, -0.1) is 0 Å². The molecule has 0 bridgehead atoms. The SMILES string of the molecule is COC(=O)NN1C[C@H](O)C[C@H]1C. The first-order valence-corrected chi connectivity index (χ1v) is 3.92. The molecule has 5 nitrogen and oxygen atoms in total. The fraction of sp³-hybridized carbons (Fsp3) is 0.857. The van der Waals surface area contributed by atoms with Gasteiger partial charge in [-0.05, 0) is 13.3 Å². The molecule has 70 valence electrons. The van der Waals surface area contributed by atoms with Crippen molar-refractivity contribution in [2.75, 3.05) is 13.7 Å². The van der Waals surface area contributed by atoms with Crippen LogP contribution < -0.4 is 5.43 Å². The number of carbonyl (C=O) groups excluding carboxylic acids is 1. The topological polar surface area (TPSA) is 61.8 Å². The third kappa shape index (κ3) is 2.09. The molecule has 1 aliphatic heterocycles. The van der Waals surface area contributed by atoms with Crippen LogP contribution in [0.25, 0.3) is 0 Å². The van der Waals surface area contributed by atoms with Gasteiger partial charge >= 0.3 is 6.09 Å². The number of aliphatic hydroxyl groups excluding tert-OH is 1. The highest BCUT2D eigenvalue weighted by molar-refractivity contribution is 5.66. The summed E-state index contributed by atoms with van der Waals surface area (Å²) < 4.78 is 4.42. The Morgan fingerprint density at radius 3 is 2.83 bits per heavy atom. The average Bonchev–Trinajstić information content (AvgIpc) is 2.30. The van der Waals surface area contributed by atoms with Gasteiger partial charge in [0.15, 0.2) is 0 Å². The van der Waals surface area contributed by atoms with Crippen LogP contribution in [0.2, 0.25) is 0 Å². The molecule has 0 radical (unpaired) electrons. The molecule has 0 aromatic heterocycles. The number of amides is 1. The lowest BCUT2D eigenvalue weighted by atomic mass is 10.2. The molecule has 1 fully saturated rings. The molecule has 1 saturated heterocycles. The monoisotopic (exact) mass is 174 g/mol. The van der Waals surface area contributed by atoms with Crippen LogP contribution >= 0.6 is 0 Å². The summed E-state index contributed by atoms with van der Waals surface area (Å²) in [5, 5.41) is 10.9. The van der Waals surface area contributed by atoms with Gasteiger partial charge in [0.2, 0.25) is 0 Å². The van der Waals surface area contributed by atoms with Crippen LogP contribution in [0.1, 0.15) is 13.3 Å². The van der Waals surface area contributed by atoms with E-state index in [-0.39, 0.29) is 12.1 Å². The molecular weight excluding hydrogens is 160 g/mol. The van der Waals surface area contributed by atoms with E-state index in [0.29, 0.717) is 13.0 Å². The van der Waals surface area contributed by atoms with E-state index < -0.39 is 6.09 Å². The first kappa shape index (κ1) is 9.28. The quantitative estimate of drug-likeness (QED) is 0.573. The van der Waals surface area contributed by atoms with E-state index in [4.69, 9.17) is 0 Å². The molecule has 0 unspecified atom stereocenters. The van der Waals surface area contributed by atoms with Gasteiger partial charge in [-0.1, -0.05) is 0 Å². The number of hydrogen-bond donors (Lipinski definition) is 2. The zero-order valence-corrected chi connectivity index (χ0v) is 7.28. The Balaban J connectivity index is 2.37. The van der Waals surface area contributed by atoms with Gasteiger partial charge < -0.3 is 9.84 Å². The largest absolute Gasteiger partial charge is 0.452 e. The van der Waals surface area contributed by atoms with Crippen molar-refractivity contribution in [3.05, 3.63) is 0 Å². The second kappa shape index (κ2) is 3.73. The smallest absolute Gasteiger partial charge is 0.421 e. The van der Waals surface area contributed by atoms with Gasteiger partial charge in [0.1, 0.15) is 0 Å². The van der Waals surface area contributed by atoms with E-state index in [0.717, 1.165) is 0 Å². The number of β-amino-alcohol motifs (C(OH)–C–C–N with tert-alkyl or cyclic N) is 1. The van der Waals surface area contributed by atoms with E-state index in [1.54, 1.807) is 5.01 Å². The maximum Gasteiger partial charge on any atom is 0.421 e. The second-order valence-electron chi connectivity index (χ2n) is 2.99. The van der Waals surface area contributed by atoms with Gasteiger partial charge in [-0.3, -0.25) is 5.43 Å². The number of aliphatic hydroxyl groups is 1. The number of rotatable bonds is 1. The second-order valence-corrected chi connectivity index (χ2v) is 2.99. The highest BCUT2D eigenvalue weighted by atomic mass is 16.5. The summed E-state index contributed by atoms with van der Waals surface area (Å²) >= 11 is 0. The standard InChI is InChI=1S/C7H14N2O3/c1-5-3-6(10)4-9(5)8-7(11)12-2/h5-6,10H,3-4H2,1-2H3,(H,8,11)/t5-,6-/m1/s1. The van der Waals surface area contributed by atoms with E-state index in [9.17, 15) is 9.90 Å². The fourth-order valence-electron chi connectivity index (χ4n) is 1.32. The number of ether oxygens (including phenoxy) is 1. The maximum atomic E-state index is 10.8. The zero-order chi connectivity index (χ0) is 9.14. The number of methoxy groups -OCH3 is 1. The summed E-state index contributed by atoms with van der Waals surface area (Å²) in [4.78, 5) is 10.8. The number of hydrazine groups is 1. The molecule has 5 heteroatoms. The molecular formula is C7H14N2O3. The average molecular weight is 174 g/mol. The molecule has 12 heavy (non-hydrogen) atoms. The highest BCUT2D eigenvalue weighted by Crippen LogP contribution is 2.14. The molecule has 0 aromatic rings. The zero-order valence-electron chi connectivity index (χ0n) is 7.28. The van der Waals surface area contributed by atoms with Gasteiger partial charge in [-0.2, -0.15) is 0 Å². The molecule has 0 aliphatic carbocycles. The van der Waals surface area contributed by atoms with E-state index in [1.807, 2.05) is 6.92 Å². The summed E-state index contributed by atoms with van der Waals surface area (Å²) in [5.74, 6) is 0. The molecule has 1 amide bonds. The van der Waals surface area contributed by atoms with Crippen molar-refractivity contribution in [3.63, 3.8) is 0 Å². The minimum atomic E-state index is -0.490. The van der Waals surface area contributed by atoms with Crippen LogP contribution in [-0.2, 0) is 4.74 Å². The molecule has 2 N–H and O–H groups in total. The number of carbonyl (C=O) groups is 1. The summed E-state index contributed by atoms with van der Waals surface area (Å²) in [6.07, 6.45) is -0.155. The van der Waals surface area contributed by atoms with Gasteiger partial charge in [-0.25, -0.2) is 9.80 Å². The first-order chi connectivity index (χ1) is 5.63. The lowest BCUT2D eigenvalue weighted by Gasteiger charge is -2.20. The predicted molar refractivity (Wildman–Crippen MR) is 42.3 cm³/mol. The van der Waals surface area contributed by atoms with Crippen molar-refractivity contribution in [2.24, 2.45) is 0 Å².